The summed E-state index contributed by atoms with van der Waals surface area (Å²) in [7, 11) is -3.97. The zero-order valence-corrected chi connectivity index (χ0v) is 11.4. The standard InChI is InChI=1S/C13H11F3N2O2S/c14-13(15,16)9-4-6-12(7-5-9)21(19,20)18-11-3-1-2-10(17)8-11/h1-8,18H,17H2. The molecular weight excluding hydrogens is 305 g/mol. The second kappa shape index (κ2) is 5.28. The van der Waals surface area contributed by atoms with Gasteiger partial charge >= 0.3 is 6.18 Å². The first-order valence-corrected chi connectivity index (χ1v) is 7.22. The number of nitrogen functional groups attached to an aromatic ring is 1. The first kappa shape index (κ1) is 15.2. The van der Waals surface area contributed by atoms with Gasteiger partial charge in [-0.15, -0.1) is 0 Å². The van der Waals surface area contributed by atoms with Gasteiger partial charge in [0.1, 0.15) is 0 Å². The molecule has 0 aliphatic heterocycles. The number of hydrogen-bond acceptors (Lipinski definition) is 3. The number of halogens is 3. The zero-order chi connectivity index (χ0) is 15.7. The third kappa shape index (κ3) is 3.66. The molecule has 0 aliphatic rings. The molecule has 0 spiro atoms. The summed E-state index contributed by atoms with van der Waals surface area (Å²) in [4.78, 5) is -0.266. The average molecular weight is 316 g/mol. The molecule has 0 heterocycles. The summed E-state index contributed by atoms with van der Waals surface area (Å²) in [5.74, 6) is 0. The predicted molar refractivity (Wildman–Crippen MR) is 73.1 cm³/mol. The fourth-order valence-electron chi connectivity index (χ4n) is 1.64. The SMILES string of the molecule is Nc1cccc(NS(=O)(=O)c2ccc(C(F)(F)F)cc2)c1. The van der Waals surface area contributed by atoms with E-state index in [1.54, 1.807) is 12.1 Å². The van der Waals surface area contributed by atoms with Crippen LogP contribution in [0.15, 0.2) is 53.4 Å². The van der Waals surface area contributed by atoms with Crippen molar-refractivity contribution in [2.75, 3.05) is 10.5 Å². The number of anilines is 2. The van der Waals surface area contributed by atoms with Gasteiger partial charge in [0.05, 0.1) is 16.1 Å². The Morgan fingerprint density at radius 3 is 2.14 bits per heavy atom. The molecule has 112 valence electrons. The maximum atomic E-state index is 12.4. The van der Waals surface area contributed by atoms with E-state index in [-0.39, 0.29) is 10.6 Å². The first-order chi connectivity index (χ1) is 9.68. The lowest BCUT2D eigenvalue weighted by Crippen LogP contribution is -2.13. The van der Waals surface area contributed by atoms with Gasteiger partial charge in [-0.3, -0.25) is 4.72 Å². The molecule has 0 amide bonds. The number of alkyl halides is 3. The maximum absolute atomic E-state index is 12.4. The van der Waals surface area contributed by atoms with Gasteiger partial charge in [-0.25, -0.2) is 8.42 Å². The molecule has 3 N–H and O–H groups in total. The van der Waals surface area contributed by atoms with E-state index in [0.717, 1.165) is 12.1 Å². The average Bonchev–Trinajstić information content (AvgIpc) is 2.37. The van der Waals surface area contributed by atoms with Crippen molar-refractivity contribution in [3.63, 3.8) is 0 Å². The molecule has 8 heteroatoms. The van der Waals surface area contributed by atoms with E-state index in [1.165, 1.54) is 12.1 Å². The van der Waals surface area contributed by atoms with Crippen LogP contribution in [-0.2, 0) is 16.2 Å². The van der Waals surface area contributed by atoms with Crippen molar-refractivity contribution in [2.24, 2.45) is 0 Å². The summed E-state index contributed by atoms with van der Waals surface area (Å²) in [6.45, 7) is 0. The molecule has 0 radical (unpaired) electrons. The highest BCUT2D eigenvalue weighted by Crippen LogP contribution is 2.30. The van der Waals surface area contributed by atoms with Crippen molar-refractivity contribution in [1.29, 1.82) is 0 Å². The Bertz CT molecular complexity index is 741. The first-order valence-electron chi connectivity index (χ1n) is 5.74. The molecule has 0 bridgehead atoms. The minimum Gasteiger partial charge on any atom is -0.399 e. The number of hydrogen-bond donors (Lipinski definition) is 2. The van der Waals surface area contributed by atoms with E-state index < -0.39 is 21.8 Å². The molecule has 0 aliphatic carbocycles. The summed E-state index contributed by atoms with van der Waals surface area (Å²) in [6.07, 6.45) is -4.51. The molecule has 2 aromatic carbocycles. The van der Waals surface area contributed by atoms with Crippen LogP contribution in [0.2, 0.25) is 0 Å². The van der Waals surface area contributed by atoms with Crippen LogP contribution >= 0.6 is 0 Å². The summed E-state index contributed by atoms with van der Waals surface area (Å²) >= 11 is 0. The van der Waals surface area contributed by atoms with Crippen molar-refractivity contribution in [1.82, 2.24) is 0 Å². The highest BCUT2D eigenvalue weighted by molar-refractivity contribution is 7.92. The topological polar surface area (TPSA) is 72.2 Å². The van der Waals surface area contributed by atoms with Gasteiger partial charge < -0.3 is 5.73 Å². The summed E-state index contributed by atoms with van der Waals surface area (Å²) < 4.78 is 63.6. The molecule has 0 aromatic heterocycles. The van der Waals surface area contributed by atoms with E-state index in [0.29, 0.717) is 17.8 Å². The second-order valence-corrected chi connectivity index (χ2v) is 5.94. The minimum absolute atomic E-state index is 0.231. The molecule has 2 rings (SSSR count). The van der Waals surface area contributed by atoms with Gasteiger partial charge in [0.25, 0.3) is 10.0 Å². The van der Waals surface area contributed by atoms with Crippen molar-refractivity contribution in [3.05, 3.63) is 54.1 Å². The summed E-state index contributed by atoms with van der Waals surface area (Å²) in [5.41, 5.74) is 5.21. The number of nitrogens with one attached hydrogen (secondary N) is 1. The van der Waals surface area contributed by atoms with Crippen LogP contribution in [0, 0.1) is 0 Å². The smallest absolute Gasteiger partial charge is 0.399 e. The zero-order valence-electron chi connectivity index (χ0n) is 10.6. The molecule has 0 unspecified atom stereocenters. The van der Waals surface area contributed by atoms with Crippen LogP contribution in [0.25, 0.3) is 0 Å². The van der Waals surface area contributed by atoms with Crippen LogP contribution in [0.1, 0.15) is 5.56 Å². The van der Waals surface area contributed by atoms with E-state index >= 15 is 0 Å². The van der Waals surface area contributed by atoms with Gasteiger partial charge in [-0.2, -0.15) is 13.2 Å². The molecule has 0 saturated heterocycles. The van der Waals surface area contributed by atoms with Crippen molar-refractivity contribution in [2.45, 2.75) is 11.1 Å². The Hall–Kier alpha value is -2.22. The molecule has 4 nitrogen and oxygen atoms in total. The number of rotatable bonds is 3. The fourth-order valence-corrected chi connectivity index (χ4v) is 2.69. The Morgan fingerprint density at radius 2 is 1.62 bits per heavy atom. The lowest BCUT2D eigenvalue weighted by molar-refractivity contribution is -0.137. The molecule has 21 heavy (non-hydrogen) atoms. The van der Waals surface area contributed by atoms with Gasteiger partial charge in [0.15, 0.2) is 0 Å². The summed E-state index contributed by atoms with van der Waals surface area (Å²) in [5, 5.41) is 0. The largest absolute Gasteiger partial charge is 0.416 e. The Labute approximate surface area is 119 Å². The van der Waals surface area contributed by atoms with Crippen LogP contribution in [0.4, 0.5) is 24.5 Å². The monoisotopic (exact) mass is 316 g/mol. The van der Waals surface area contributed by atoms with Gasteiger partial charge in [-0.05, 0) is 42.5 Å². The summed E-state index contributed by atoms with van der Waals surface area (Å²) in [6, 6.07) is 9.26. The van der Waals surface area contributed by atoms with E-state index in [4.69, 9.17) is 5.73 Å². The van der Waals surface area contributed by atoms with Crippen LogP contribution in [0.5, 0.6) is 0 Å². The lowest BCUT2D eigenvalue weighted by atomic mass is 10.2. The third-order valence-electron chi connectivity index (χ3n) is 2.63. The van der Waals surface area contributed by atoms with Gasteiger partial charge in [0, 0.05) is 5.69 Å². The van der Waals surface area contributed by atoms with Crippen LogP contribution in [-0.4, -0.2) is 8.42 Å². The van der Waals surface area contributed by atoms with Crippen molar-refractivity contribution < 1.29 is 21.6 Å². The predicted octanol–water partition coefficient (Wildman–Crippen LogP) is 3.09. The van der Waals surface area contributed by atoms with E-state index in [9.17, 15) is 21.6 Å². The normalized spacial score (nSPS) is 12.1. The fraction of sp³-hybridized carbons (Fsp3) is 0.0769. The molecule has 2 aromatic rings. The van der Waals surface area contributed by atoms with Crippen molar-refractivity contribution in [3.8, 4) is 0 Å². The minimum atomic E-state index is -4.51. The van der Waals surface area contributed by atoms with E-state index in [2.05, 4.69) is 4.72 Å². The van der Waals surface area contributed by atoms with E-state index in [1.807, 2.05) is 0 Å². The van der Waals surface area contributed by atoms with Crippen LogP contribution in [0.3, 0.4) is 0 Å². The van der Waals surface area contributed by atoms with Crippen molar-refractivity contribution >= 4 is 21.4 Å². The number of nitrogens with two attached hydrogens (primary N) is 1. The maximum Gasteiger partial charge on any atom is 0.416 e. The number of sulfonamides is 1. The van der Waals surface area contributed by atoms with Crippen LogP contribution < -0.4 is 10.5 Å². The Morgan fingerprint density at radius 1 is 1.00 bits per heavy atom. The Balaban J connectivity index is 2.28. The highest BCUT2D eigenvalue weighted by Gasteiger charge is 2.30. The van der Waals surface area contributed by atoms with Gasteiger partial charge in [-0.1, -0.05) is 6.07 Å². The molecule has 0 atom stereocenters. The number of benzene rings is 2. The van der Waals surface area contributed by atoms with Gasteiger partial charge in [0.2, 0.25) is 0 Å². The highest BCUT2D eigenvalue weighted by atomic mass is 32.2. The molecular formula is C13H11F3N2O2S. The molecule has 0 fully saturated rings. The quantitative estimate of drug-likeness (QED) is 0.855. The molecule has 0 saturated carbocycles. The lowest BCUT2D eigenvalue weighted by Gasteiger charge is -2.10. The third-order valence-corrected chi connectivity index (χ3v) is 4.03. The Kier molecular flexibility index (Phi) is 3.82. The second-order valence-electron chi connectivity index (χ2n) is 4.25.